The molecule has 3 aromatic carbocycles. The van der Waals surface area contributed by atoms with Gasteiger partial charge in [-0.25, -0.2) is 4.39 Å². The lowest BCUT2D eigenvalue weighted by molar-refractivity contribution is 0.432. The summed E-state index contributed by atoms with van der Waals surface area (Å²) in [4.78, 5) is 17.4. The van der Waals surface area contributed by atoms with Gasteiger partial charge in [0.15, 0.2) is 11.0 Å². The number of hydrogen-bond donors (Lipinski definition) is 0. The van der Waals surface area contributed by atoms with Gasteiger partial charge in [-0.1, -0.05) is 41.6 Å². The molecule has 30 heavy (non-hydrogen) atoms. The van der Waals surface area contributed by atoms with Gasteiger partial charge >= 0.3 is 0 Å². The van der Waals surface area contributed by atoms with Gasteiger partial charge in [0.25, 0.3) is 5.89 Å². The van der Waals surface area contributed by atoms with E-state index in [0.29, 0.717) is 39.2 Å². The molecule has 0 aliphatic heterocycles. The van der Waals surface area contributed by atoms with E-state index in [-0.39, 0.29) is 17.1 Å². The number of benzene rings is 3. The van der Waals surface area contributed by atoms with Gasteiger partial charge < -0.3 is 8.94 Å². The number of hydrogen-bond acceptors (Lipinski definition) is 5. The first-order chi connectivity index (χ1) is 14.6. The van der Waals surface area contributed by atoms with Gasteiger partial charge in [-0.3, -0.25) is 4.79 Å². The number of rotatable bonds is 3. The van der Waals surface area contributed by atoms with E-state index in [1.165, 1.54) is 12.1 Å². The van der Waals surface area contributed by atoms with E-state index < -0.39 is 0 Å². The summed E-state index contributed by atoms with van der Waals surface area (Å²) in [7, 11) is 0. The first-order valence-corrected chi connectivity index (χ1v) is 9.33. The second-order valence-electron chi connectivity index (χ2n) is 6.86. The second-order valence-corrected chi connectivity index (χ2v) is 6.86. The predicted molar refractivity (Wildman–Crippen MR) is 111 cm³/mol. The molecule has 2 heterocycles. The van der Waals surface area contributed by atoms with Crippen molar-refractivity contribution in [2.75, 3.05) is 0 Å². The molecule has 0 saturated heterocycles. The maximum absolute atomic E-state index is 13.2. The Kier molecular flexibility index (Phi) is 4.25. The van der Waals surface area contributed by atoms with Crippen LogP contribution in [-0.2, 0) is 0 Å². The molecule has 0 unspecified atom stereocenters. The quantitative estimate of drug-likeness (QED) is 0.394. The van der Waals surface area contributed by atoms with Crippen LogP contribution in [0, 0.1) is 12.7 Å². The fourth-order valence-corrected chi connectivity index (χ4v) is 3.39. The topological polar surface area (TPSA) is 69.1 Å². The van der Waals surface area contributed by atoms with Gasteiger partial charge in [-0.05, 0) is 43.3 Å². The Hall–Kier alpha value is -4.06. The average Bonchev–Trinajstić information content (AvgIpc) is 3.27. The molecule has 0 aliphatic carbocycles. The maximum Gasteiger partial charge on any atom is 0.262 e. The fourth-order valence-electron chi connectivity index (χ4n) is 3.39. The van der Waals surface area contributed by atoms with Crippen molar-refractivity contribution in [1.29, 1.82) is 0 Å². The highest BCUT2D eigenvalue weighted by atomic mass is 19.1. The second kappa shape index (κ2) is 7.08. The van der Waals surface area contributed by atoms with E-state index in [2.05, 4.69) is 10.1 Å². The highest BCUT2D eigenvalue weighted by molar-refractivity contribution is 5.91. The summed E-state index contributed by atoms with van der Waals surface area (Å²) in [6.07, 6.45) is 0. The number of aromatic nitrogens is 2. The van der Waals surface area contributed by atoms with Crippen LogP contribution >= 0.6 is 0 Å². The summed E-state index contributed by atoms with van der Waals surface area (Å²) in [5, 5.41) is 4.43. The Balaban J connectivity index is 1.70. The van der Waals surface area contributed by atoms with Crippen molar-refractivity contribution in [3.05, 3.63) is 94.4 Å². The molecule has 6 heteroatoms. The van der Waals surface area contributed by atoms with Crippen LogP contribution in [0.5, 0.6) is 0 Å². The lowest BCUT2D eigenvalue weighted by atomic mass is 10.0. The molecule has 0 amide bonds. The van der Waals surface area contributed by atoms with Gasteiger partial charge in [0.1, 0.15) is 11.6 Å². The summed E-state index contributed by atoms with van der Waals surface area (Å²) in [6, 6.07) is 20.5. The first-order valence-electron chi connectivity index (χ1n) is 9.33. The van der Waals surface area contributed by atoms with Crippen molar-refractivity contribution in [3.63, 3.8) is 0 Å². The Morgan fingerprint density at radius 2 is 1.63 bits per heavy atom. The summed E-state index contributed by atoms with van der Waals surface area (Å²) < 4.78 is 24.8. The fraction of sp³-hybridized carbons (Fsp3) is 0.0417. The third-order valence-corrected chi connectivity index (χ3v) is 4.94. The molecule has 146 valence electrons. The zero-order chi connectivity index (χ0) is 20.7. The van der Waals surface area contributed by atoms with Gasteiger partial charge in [0.2, 0.25) is 5.82 Å². The van der Waals surface area contributed by atoms with E-state index in [1.54, 1.807) is 37.3 Å². The van der Waals surface area contributed by atoms with E-state index >= 15 is 0 Å². The average molecular weight is 398 g/mol. The van der Waals surface area contributed by atoms with E-state index in [0.717, 1.165) is 5.56 Å². The lowest BCUT2D eigenvalue weighted by Crippen LogP contribution is -2.07. The van der Waals surface area contributed by atoms with E-state index in [4.69, 9.17) is 8.94 Å². The Morgan fingerprint density at radius 1 is 0.867 bits per heavy atom. The first kappa shape index (κ1) is 18.0. The molecule has 0 atom stereocenters. The normalized spacial score (nSPS) is 11.1. The molecule has 5 aromatic rings. The number of nitrogens with zero attached hydrogens (tertiary/aromatic N) is 2. The molecular formula is C24H15FN2O3. The maximum atomic E-state index is 13.2. The molecule has 0 radical (unpaired) electrons. The number of halogens is 1. The Labute approximate surface area is 170 Å². The van der Waals surface area contributed by atoms with E-state index in [1.807, 2.05) is 30.3 Å². The van der Waals surface area contributed by atoms with Gasteiger partial charge in [0.05, 0.1) is 10.9 Å². The predicted octanol–water partition coefficient (Wildman–Crippen LogP) is 5.62. The molecular weight excluding hydrogens is 383 g/mol. The molecule has 0 saturated carbocycles. The molecule has 0 N–H and O–H groups in total. The van der Waals surface area contributed by atoms with Crippen molar-refractivity contribution in [2.24, 2.45) is 0 Å². The summed E-state index contributed by atoms with van der Waals surface area (Å²) in [5.41, 5.74) is 2.73. The molecule has 0 fully saturated rings. The smallest absolute Gasteiger partial charge is 0.262 e. The van der Waals surface area contributed by atoms with Crippen LogP contribution in [0.1, 0.15) is 5.56 Å². The third-order valence-electron chi connectivity index (χ3n) is 4.94. The highest BCUT2D eigenvalue weighted by Crippen LogP contribution is 2.32. The molecule has 0 spiro atoms. The monoisotopic (exact) mass is 398 g/mol. The van der Waals surface area contributed by atoms with Crippen molar-refractivity contribution in [3.8, 4) is 34.2 Å². The molecule has 0 aliphatic rings. The van der Waals surface area contributed by atoms with Gasteiger partial charge in [0, 0.05) is 16.7 Å². The van der Waals surface area contributed by atoms with Crippen molar-refractivity contribution in [1.82, 2.24) is 10.1 Å². The van der Waals surface area contributed by atoms with Crippen LogP contribution < -0.4 is 5.43 Å². The lowest BCUT2D eigenvalue weighted by Gasteiger charge is -2.08. The van der Waals surface area contributed by atoms with Gasteiger partial charge in [-0.2, -0.15) is 4.98 Å². The van der Waals surface area contributed by atoms with Crippen molar-refractivity contribution >= 4 is 11.0 Å². The molecule has 2 aromatic heterocycles. The molecule has 5 nitrogen and oxygen atoms in total. The van der Waals surface area contributed by atoms with Crippen LogP contribution in [0.3, 0.4) is 0 Å². The van der Waals surface area contributed by atoms with Crippen LogP contribution in [-0.4, -0.2) is 10.1 Å². The zero-order valence-corrected chi connectivity index (χ0v) is 15.9. The SMILES string of the molecule is Cc1c(-c2ccccc2)oc2c(-c3nc(-c4ccc(F)cc4)no3)cccc2c1=O. The minimum Gasteiger partial charge on any atom is -0.455 e. The minimum atomic E-state index is -0.345. The zero-order valence-electron chi connectivity index (χ0n) is 15.9. The van der Waals surface area contributed by atoms with Crippen LogP contribution in [0.4, 0.5) is 4.39 Å². The van der Waals surface area contributed by atoms with Crippen LogP contribution in [0.25, 0.3) is 45.1 Å². The van der Waals surface area contributed by atoms with Crippen molar-refractivity contribution < 1.29 is 13.3 Å². The summed E-state index contributed by atoms with van der Waals surface area (Å²) in [5.74, 6) is 0.687. The molecule has 5 rings (SSSR count). The van der Waals surface area contributed by atoms with Crippen LogP contribution in [0.15, 0.2) is 86.5 Å². The highest BCUT2D eigenvalue weighted by Gasteiger charge is 2.19. The number of fused-ring (bicyclic) bond motifs is 1. The minimum absolute atomic E-state index is 0.116. The Bertz CT molecular complexity index is 1420. The van der Waals surface area contributed by atoms with Gasteiger partial charge in [-0.15, -0.1) is 0 Å². The largest absolute Gasteiger partial charge is 0.455 e. The third kappa shape index (κ3) is 2.99. The molecule has 0 bridgehead atoms. The Morgan fingerprint density at radius 3 is 2.40 bits per heavy atom. The van der Waals surface area contributed by atoms with Crippen molar-refractivity contribution in [2.45, 2.75) is 6.92 Å². The van der Waals surface area contributed by atoms with Crippen LogP contribution in [0.2, 0.25) is 0 Å². The number of para-hydroxylation sites is 1. The van der Waals surface area contributed by atoms with E-state index in [9.17, 15) is 9.18 Å². The standard InChI is InChI=1S/C24H15FN2O3/c1-14-20(28)18-8-5-9-19(22(18)29-21(14)15-6-3-2-4-7-15)24-26-23(27-30-24)16-10-12-17(25)13-11-16/h2-13H,1H3. The summed E-state index contributed by atoms with van der Waals surface area (Å²) in [6.45, 7) is 1.75. The summed E-state index contributed by atoms with van der Waals surface area (Å²) >= 11 is 0.